The van der Waals surface area contributed by atoms with E-state index >= 15 is 0 Å². The van der Waals surface area contributed by atoms with E-state index in [2.05, 4.69) is 10.5 Å². The van der Waals surface area contributed by atoms with E-state index in [1.165, 1.54) is 31.3 Å². The quantitative estimate of drug-likeness (QED) is 0.527. The molecule has 0 unspecified atom stereocenters. The van der Waals surface area contributed by atoms with Gasteiger partial charge in [-0.3, -0.25) is 14.9 Å². The molecule has 8 nitrogen and oxygen atoms in total. The Morgan fingerprint density at radius 2 is 2.08 bits per heavy atom. The predicted molar refractivity (Wildman–Crippen MR) is 85.5 cm³/mol. The summed E-state index contributed by atoms with van der Waals surface area (Å²) in [5.41, 5.74) is 3.46. The van der Waals surface area contributed by atoms with Crippen LogP contribution in [0.1, 0.15) is 21.5 Å². The first-order valence-electron chi connectivity index (χ1n) is 7.03. The van der Waals surface area contributed by atoms with Crippen LogP contribution in [0.2, 0.25) is 0 Å². The van der Waals surface area contributed by atoms with Gasteiger partial charge in [-0.2, -0.15) is 5.10 Å². The predicted octanol–water partition coefficient (Wildman–Crippen LogP) is 2.40. The molecule has 0 atom stereocenters. The summed E-state index contributed by atoms with van der Waals surface area (Å²) in [4.78, 5) is 22.5. The highest BCUT2D eigenvalue weighted by Crippen LogP contribution is 2.31. The molecule has 1 N–H and O–H groups in total. The smallest absolute Gasteiger partial charge is 0.273 e. The number of hydrazone groups is 1. The summed E-state index contributed by atoms with van der Waals surface area (Å²) in [7, 11) is 0. The van der Waals surface area contributed by atoms with E-state index < -0.39 is 10.8 Å². The van der Waals surface area contributed by atoms with Gasteiger partial charge in [-0.1, -0.05) is 6.07 Å². The Morgan fingerprint density at radius 1 is 1.29 bits per heavy atom. The number of nitro benzene ring substituents is 1. The van der Waals surface area contributed by atoms with Crippen molar-refractivity contribution in [2.24, 2.45) is 5.10 Å². The number of nitrogens with zero attached hydrogens (tertiary/aromatic N) is 2. The molecular weight excluding hydrogens is 314 g/mol. The maximum atomic E-state index is 12.1. The summed E-state index contributed by atoms with van der Waals surface area (Å²) >= 11 is 0. The first-order chi connectivity index (χ1) is 11.6. The Balaban J connectivity index is 1.72. The zero-order valence-electron chi connectivity index (χ0n) is 12.7. The van der Waals surface area contributed by atoms with Crippen molar-refractivity contribution < 1.29 is 19.2 Å². The summed E-state index contributed by atoms with van der Waals surface area (Å²) in [5, 5.41) is 14.8. The number of rotatable bonds is 4. The van der Waals surface area contributed by atoms with Crippen molar-refractivity contribution >= 4 is 17.8 Å². The average Bonchev–Trinajstić information content (AvgIpc) is 3.02. The molecule has 0 aromatic heterocycles. The normalized spacial score (nSPS) is 12.4. The number of benzene rings is 2. The van der Waals surface area contributed by atoms with Crippen LogP contribution in [0.15, 0.2) is 41.5 Å². The number of ether oxygens (including phenoxy) is 2. The van der Waals surface area contributed by atoms with Gasteiger partial charge < -0.3 is 9.47 Å². The van der Waals surface area contributed by atoms with Crippen molar-refractivity contribution in [2.45, 2.75) is 6.92 Å². The molecule has 24 heavy (non-hydrogen) atoms. The fourth-order valence-electron chi connectivity index (χ4n) is 2.29. The molecule has 1 aliphatic rings. The second kappa shape index (κ2) is 6.37. The Bertz CT molecular complexity index is 848. The lowest BCUT2D eigenvalue weighted by atomic mass is 10.1. The maximum absolute atomic E-state index is 12.1. The highest BCUT2D eigenvalue weighted by molar-refractivity contribution is 5.97. The van der Waals surface area contributed by atoms with E-state index in [-0.39, 0.29) is 18.0 Å². The molecule has 0 saturated heterocycles. The topological polar surface area (TPSA) is 103 Å². The summed E-state index contributed by atoms with van der Waals surface area (Å²) < 4.78 is 10.5. The van der Waals surface area contributed by atoms with Gasteiger partial charge in [0, 0.05) is 11.6 Å². The van der Waals surface area contributed by atoms with Crippen molar-refractivity contribution in [3.8, 4) is 11.5 Å². The molecule has 2 aromatic carbocycles. The van der Waals surface area contributed by atoms with Crippen molar-refractivity contribution in [2.75, 3.05) is 6.79 Å². The van der Waals surface area contributed by atoms with E-state index in [1.807, 2.05) is 0 Å². The molecule has 0 saturated carbocycles. The first-order valence-corrected chi connectivity index (χ1v) is 7.03. The van der Waals surface area contributed by atoms with Gasteiger partial charge in [-0.15, -0.1) is 0 Å². The van der Waals surface area contributed by atoms with Crippen LogP contribution in [0.25, 0.3) is 0 Å². The highest BCUT2D eigenvalue weighted by Gasteiger charge is 2.17. The Hall–Kier alpha value is -3.42. The van der Waals surface area contributed by atoms with Crippen LogP contribution in [-0.2, 0) is 0 Å². The molecule has 0 bridgehead atoms. The second-order valence-corrected chi connectivity index (χ2v) is 5.02. The molecule has 0 spiro atoms. The van der Waals surface area contributed by atoms with Crippen LogP contribution >= 0.6 is 0 Å². The first kappa shape index (κ1) is 15.5. The minimum Gasteiger partial charge on any atom is -0.454 e. The third-order valence-corrected chi connectivity index (χ3v) is 3.52. The SMILES string of the molecule is Cc1c(C(=O)N/N=C\c2ccc3c(c2)OCO3)cccc1[N+](=O)[O-]. The summed E-state index contributed by atoms with van der Waals surface area (Å²) in [6.45, 7) is 1.70. The molecule has 2 aromatic rings. The summed E-state index contributed by atoms with van der Waals surface area (Å²) in [5.74, 6) is 0.747. The fraction of sp³-hybridized carbons (Fsp3) is 0.125. The monoisotopic (exact) mass is 327 g/mol. The molecular formula is C16H13N3O5. The standard InChI is InChI=1S/C16H13N3O5/c1-10-12(3-2-4-13(10)19(21)22)16(20)18-17-8-11-5-6-14-15(7-11)24-9-23-14/h2-8H,9H2,1H3,(H,18,20)/b17-8-. The van der Waals surface area contributed by atoms with Crippen molar-refractivity contribution in [3.05, 3.63) is 63.2 Å². The summed E-state index contributed by atoms with van der Waals surface area (Å²) in [6.07, 6.45) is 1.45. The largest absolute Gasteiger partial charge is 0.454 e. The Labute approximate surface area is 136 Å². The van der Waals surface area contributed by atoms with Crippen molar-refractivity contribution in [1.29, 1.82) is 0 Å². The number of carbonyl (C=O) groups is 1. The number of hydrogen-bond donors (Lipinski definition) is 1. The van der Waals surface area contributed by atoms with Crippen LogP contribution in [0.4, 0.5) is 5.69 Å². The van der Waals surface area contributed by atoms with Crippen molar-refractivity contribution in [3.63, 3.8) is 0 Å². The van der Waals surface area contributed by atoms with E-state index in [0.29, 0.717) is 17.1 Å². The highest BCUT2D eigenvalue weighted by atomic mass is 16.7. The van der Waals surface area contributed by atoms with E-state index in [0.717, 1.165) is 5.56 Å². The second-order valence-electron chi connectivity index (χ2n) is 5.02. The van der Waals surface area contributed by atoms with Gasteiger partial charge in [0.15, 0.2) is 11.5 Å². The van der Waals surface area contributed by atoms with Gasteiger partial charge in [0.25, 0.3) is 11.6 Å². The molecule has 0 radical (unpaired) electrons. The minimum absolute atomic E-state index is 0.109. The maximum Gasteiger partial charge on any atom is 0.273 e. The van der Waals surface area contributed by atoms with Crippen LogP contribution in [0.5, 0.6) is 11.5 Å². The molecule has 8 heteroatoms. The molecule has 0 fully saturated rings. The zero-order valence-corrected chi connectivity index (χ0v) is 12.7. The van der Waals surface area contributed by atoms with Crippen LogP contribution in [0.3, 0.4) is 0 Å². The molecule has 1 aliphatic heterocycles. The van der Waals surface area contributed by atoms with Gasteiger partial charge in [0.05, 0.1) is 16.7 Å². The zero-order chi connectivity index (χ0) is 17.1. The molecule has 1 heterocycles. The van der Waals surface area contributed by atoms with Crippen LogP contribution < -0.4 is 14.9 Å². The van der Waals surface area contributed by atoms with E-state index in [4.69, 9.17) is 9.47 Å². The summed E-state index contributed by atoms with van der Waals surface area (Å²) in [6, 6.07) is 9.56. The van der Waals surface area contributed by atoms with E-state index in [9.17, 15) is 14.9 Å². The minimum atomic E-state index is -0.526. The molecule has 1 amide bonds. The number of nitrogens with one attached hydrogen (secondary N) is 1. The fourth-order valence-corrected chi connectivity index (χ4v) is 2.29. The Morgan fingerprint density at radius 3 is 2.88 bits per heavy atom. The lowest BCUT2D eigenvalue weighted by molar-refractivity contribution is -0.385. The number of carbonyl (C=O) groups excluding carboxylic acids is 1. The van der Waals surface area contributed by atoms with Gasteiger partial charge in [-0.25, -0.2) is 5.43 Å². The van der Waals surface area contributed by atoms with Crippen molar-refractivity contribution in [1.82, 2.24) is 5.43 Å². The third kappa shape index (κ3) is 3.02. The molecule has 0 aliphatic carbocycles. The lowest BCUT2D eigenvalue weighted by Crippen LogP contribution is -2.19. The van der Waals surface area contributed by atoms with Gasteiger partial charge in [-0.05, 0) is 36.8 Å². The molecule has 122 valence electrons. The number of nitro groups is 1. The van der Waals surface area contributed by atoms with Gasteiger partial charge >= 0.3 is 0 Å². The Kier molecular flexibility index (Phi) is 4.11. The van der Waals surface area contributed by atoms with Gasteiger partial charge in [0.1, 0.15) is 0 Å². The third-order valence-electron chi connectivity index (χ3n) is 3.52. The number of fused-ring (bicyclic) bond motifs is 1. The number of amides is 1. The van der Waals surface area contributed by atoms with E-state index in [1.54, 1.807) is 18.2 Å². The number of hydrogen-bond acceptors (Lipinski definition) is 6. The lowest BCUT2D eigenvalue weighted by Gasteiger charge is -2.04. The molecule has 3 rings (SSSR count). The average molecular weight is 327 g/mol. The van der Waals surface area contributed by atoms with Gasteiger partial charge in [0.2, 0.25) is 6.79 Å². The van der Waals surface area contributed by atoms with Crippen LogP contribution in [0, 0.1) is 17.0 Å². The van der Waals surface area contributed by atoms with Crippen LogP contribution in [-0.4, -0.2) is 23.8 Å².